The summed E-state index contributed by atoms with van der Waals surface area (Å²) in [7, 11) is 0. The number of hydrogen-bond donors (Lipinski definition) is 0. The summed E-state index contributed by atoms with van der Waals surface area (Å²) in [5.74, 6) is 0.832. The zero-order valence-corrected chi connectivity index (χ0v) is 16.1. The Balaban J connectivity index is 1.66. The third-order valence-electron chi connectivity index (χ3n) is 3.29. The van der Waals surface area contributed by atoms with Gasteiger partial charge in [0.1, 0.15) is 11.5 Å². The third-order valence-corrected chi connectivity index (χ3v) is 4.68. The molecule has 0 radical (unpaired) electrons. The highest BCUT2D eigenvalue weighted by molar-refractivity contribution is 9.10. The van der Waals surface area contributed by atoms with Crippen LogP contribution in [0.25, 0.3) is 10.2 Å². The summed E-state index contributed by atoms with van der Waals surface area (Å²) >= 11 is 4.92. The quantitative estimate of drug-likeness (QED) is 0.513. The number of carbonyl (C=O) groups is 1. The molecule has 0 bridgehead atoms. The van der Waals surface area contributed by atoms with E-state index in [2.05, 4.69) is 20.9 Å². The number of benzene rings is 2. The van der Waals surface area contributed by atoms with Crippen molar-refractivity contribution in [3.8, 4) is 16.7 Å². The number of fused-ring (bicyclic) bond motifs is 1. The molecule has 0 amide bonds. The topological polar surface area (TPSA) is 57.7 Å². The zero-order valence-electron chi connectivity index (χ0n) is 13.7. The van der Waals surface area contributed by atoms with Gasteiger partial charge in [-0.1, -0.05) is 27.3 Å². The Morgan fingerprint density at radius 2 is 1.92 bits per heavy atom. The standard InChI is InChI=1S/C18H16BrNO4S/c1-3-22-17(21)11(2)23-13-5-7-14(8-6-13)24-18-20-15-9-4-12(19)10-16(15)25-18/h4-11H,3H2,1-2H3. The van der Waals surface area contributed by atoms with Gasteiger partial charge in [-0.15, -0.1) is 0 Å². The molecule has 0 spiro atoms. The van der Waals surface area contributed by atoms with E-state index in [9.17, 15) is 4.79 Å². The van der Waals surface area contributed by atoms with Gasteiger partial charge in [-0.05, 0) is 56.3 Å². The minimum atomic E-state index is -0.658. The van der Waals surface area contributed by atoms with Gasteiger partial charge in [0.15, 0.2) is 6.10 Å². The average Bonchev–Trinajstić information content (AvgIpc) is 2.98. The second-order valence-corrected chi connectivity index (χ2v) is 7.09. The number of ether oxygens (including phenoxy) is 3. The van der Waals surface area contributed by atoms with E-state index in [4.69, 9.17) is 14.2 Å². The molecule has 0 N–H and O–H groups in total. The molecule has 2 aromatic carbocycles. The smallest absolute Gasteiger partial charge is 0.347 e. The van der Waals surface area contributed by atoms with Crippen molar-refractivity contribution in [3.63, 3.8) is 0 Å². The van der Waals surface area contributed by atoms with E-state index in [-0.39, 0.29) is 5.97 Å². The van der Waals surface area contributed by atoms with Crippen molar-refractivity contribution >= 4 is 43.5 Å². The summed E-state index contributed by atoms with van der Waals surface area (Å²) in [5, 5.41) is 0.571. The second kappa shape index (κ2) is 7.84. The molecule has 3 rings (SSSR count). The molecule has 1 aromatic heterocycles. The Morgan fingerprint density at radius 3 is 2.64 bits per heavy atom. The number of esters is 1. The molecule has 25 heavy (non-hydrogen) atoms. The van der Waals surface area contributed by atoms with Crippen molar-refractivity contribution < 1.29 is 19.0 Å². The molecule has 1 atom stereocenters. The number of carbonyl (C=O) groups excluding carboxylic acids is 1. The van der Waals surface area contributed by atoms with E-state index in [1.54, 1.807) is 38.1 Å². The van der Waals surface area contributed by atoms with Crippen molar-refractivity contribution in [2.24, 2.45) is 0 Å². The molecule has 0 saturated carbocycles. The van der Waals surface area contributed by atoms with Crippen molar-refractivity contribution in [2.45, 2.75) is 20.0 Å². The Kier molecular flexibility index (Phi) is 5.55. The molecule has 3 aromatic rings. The van der Waals surface area contributed by atoms with Crippen LogP contribution in [-0.2, 0) is 9.53 Å². The molecular weight excluding hydrogens is 406 g/mol. The van der Waals surface area contributed by atoms with Gasteiger partial charge in [-0.25, -0.2) is 9.78 Å². The molecule has 5 nitrogen and oxygen atoms in total. The zero-order chi connectivity index (χ0) is 17.8. The number of aromatic nitrogens is 1. The summed E-state index contributed by atoms with van der Waals surface area (Å²) in [6.45, 7) is 3.75. The Bertz CT molecular complexity index is 878. The fourth-order valence-corrected chi connectivity index (χ4v) is 3.51. The van der Waals surface area contributed by atoms with Crippen molar-refractivity contribution in [1.82, 2.24) is 4.98 Å². The number of halogens is 1. The highest BCUT2D eigenvalue weighted by Crippen LogP contribution is 2.33. The van der Waals surface area contributed by atoms with Crippen LogP contribution in [-0.4, -0.2) is 23.7 Å². The van der Waals surface area contributed by atoms with Gasteiger partial charge in [0.2, 0.25) is 0 Å². The van der Waals surface area contributed by atoms with Crippen LogP contribution in [0.1, 0.15) is 13.8 Å². The van der Waals surface area contributed by atoms with E-state index in [0.717, 1.165) is 14.7 Å². The van der Waals surface area contributed by atoms with Crippen LogP contribution < -0.4 is 9.47 Å². The molecule has 0 fully saturated rings. The Hall–Kier alpha value is -2.12. The van der Waals surface area contributed by atoms with Gasteiger partial charge in [0.25, 0.3) is 5.19 Å². The fraction of sp³-hybridized carbons (Fsp3) is 0.222. The van der Waals surface area contributed by atoms with Gasteiger partial charge in [-0.2, -0.15) is 0 Å². The average molecular weight is 422 g/mol. The lowest BCUT2D eigenvalue weighted by atomic mass is 10.3. The monoisotopic (exact) mass is 421 g/mol. The van der Waals surface area contributed by atoms with Crippen LogP contribution in [0.15, 0.2) is 46.9 Å². The number of rotatable bonds is 6. The van der Waals surface area contributed by atoms with Crippen molar-refractivity contribution in [1.29, 1.82) is 0 Å². The maximum absolute atomic E-state index is 11.6. The maximum atomic E-state index is 11.6. The summed E-state index contributed by atoms with van der Waals surface area (Å²) in [6.07, 6.45) is -0.658. The summed E-state index contributed by atoms with van der Waals surface area (Å²) in [5.41, 5.74) is 0.895. The van der Waals surface area contributed by atoms with Crippen molar-refractivity contribution in [3.05, 3.63) is 46.9 Å². The molecule has 1 heterocycles. The van der Waals surface area contributed by atoms with Gasteiger partial charge >= 0.3 is 5.97 Å². The van der Waals surface area contributed by atoms with Crippen LogP contribution >= 0.6 is 27.3 Å². The molecule has 7 heteroatoms. The summed E-state index contributed by atoms with van der Waals surface area (Å²) in [4.78, 5) is 16.0. The van der Waals surface area contributed by atoms with Crippen LogP contribution in [0.5, 0.6) is 16.7 Å². The lowest BCUT2D eigenvalue weighted by Crippen LogP contribution is -2.25. The van der Waals surface area contributed by atoms with Crippen LogP contribution in [0.3, 0.4) is 0 Å². The van der Waals surface area contributed by atoms with Crippen LogP contribution in [0, 0.1) is 0 Å². The predicted octanol–water partition coefficient (Wildman–Crippen LogP) is 5.18. The highest BCUT2D eigenvalue weighted by atomic mass is 79.9. The first kappa shape index (κ1) is 17.7. The number of thiazole rings is 1. The largest absolute Gasteiger partial charge is 0.479 e. The first-order valence-electron chi connectivity index (χ1n) is 7.72. The molecule has 1 unspecified atom stereocenters. The SMILES string of the molecule is CCOC(=O)C(C)Oc1ccc(Oc2nc3ccc(Br)cc3s2)cc1. The number of hydrogen-bond acceptors (Lipinski definition) is 6. The van der Waals surface area contributed by atoms with Gasteiger partial charge in [-0.3, -0.25) is 0 Å². The highest BCUT2D eigenvalue weighted by Gasteiger charge is 2.15. The molecule has 0 aliphatic heterocycles. The van der Waals surface area contributed by atoms with E-state index in [0.29, 0.717) is 23.3 Å². The lowest BCUT2D eigenvalue weighted by Gasteiger charge is -2.13. The van der Waals surface area contributed by atoms with Gasteiger partial charge in [0.05, 0.1) is 16.8 Å². The maximum Gasteiger partial charge on any atom is 0.347 e. The normalized spacial score (nSPS) is 12.0. The fourth-order valence-electron chi connectivity index (χ4n) is 2.12. The minimum Gasteiger partial charge on any atom is -0.479 e. The van der Waals surface area contributed by atoms with E-state index >= 15 is 0 Å². The van der Waals surface area contributed by atoms with Crippen LogP contribution in [0.2, 0.25) is 0 Å². The summed E-state index contributed by atoms with van der Waals surface area (Å²) < 4.78 is 18.3. The lowest BCUT2D eigenvalue weighted by molar-refractivity contribution is -0.150. The van der Waals surface area contributed by atoms with E-state index < -0.39 is 6.10 Å². The van der Waals surface area contributed by atoms with Gasteiger partial charge < -0.3 is 14.2 Å². The second-order valence-electron chi connectivity index (χ2n) is 5.18. The first-order valence-corrected chi connectivity index (χ1v) is 9.33. The number of nitrogens with zero attached hydrogens (tertiary/aromatic N) is 1. The van der Waals surface area contributed by atoms with Crippen LogP contribution in [0.4, 0.5) is 0 Å². The minimum absolute atomic E-state index is 0.331. The summed E-state index contributed by atoms with van der Waals surface area (Å²) in [6, 6.07) is 12.9. The molecule has 0 saturated heterocycles. The van der Waals surface area contributed by atoms with E-state index in [1.807, 2.05) is 18.2 Å². The van der Waals surface area contributed by atoms with Crippen molar-refractivity contribution in [2.75, 3.05) is 6.61 Å². The van der Waals surface area contributed by atoms with E-state index in [1.165, 1.54) is 11.3 Å². The molecular formula is C18H16BrNO4S. The Morgan fingerprint density at radius 1 is 1.20 bits per heavy atom. The third kappa shape index (κ3) is 4.49. The predicted molar refractivity (Wildman–Crippen MR) is 101 cm³/mol. The molecule has 0 aliphatic rings. The molecule has 130 valence electrons. The molecule has 0 aliphatic carbocycles. The van der Waals surface area contributed by atoms with Gasteiger partial charge in [0, 0.05) is 4.47 Å². The first-order chi connectivity index (χ1) is 12.0. The Labute approximate surface area is 157 Å².